The smallest absolute Gasteiger partial charge is 0.328 e. The highest BCUT2D eigenvalue weighted by Crippen LogP contribution is 2.29. The van der Waals surface area contributed by atoms with Crippen LogP contribution in [-0.2, 0) is 14.3 Å². The van der Waals surface area contributed by atoms with E-state index in [1.54, 1.807) is 17.4 Å². The second kappa shape index (κ2) is 5.58. The number of hydrogen-bond acceptors (Lipinski definition) is 4. The molecular weight excluding hydrogens is 280 g/mol. The Morgan fingerprint density at radius 2 is 2.05 bits per heavy atom. The number of thiophene rings is 1. The van der Waals surface area contributed by atoms with Gasteiger partial charge in [0.1, 0.15) is 0 Å². The van der Waals surface area contributed by atoms with E-state index in [1.165, 1.54) is 10.6 Å². The fraction of sp³-hybridized carbons (Fsp3) is 0.462. The maximum atomic E-state index is 10.6. The van der Waals surface area contributed by atoms with Gasteiger partial charge in [0.05, 0.1) is 21.3 Å². The van der Waals surface area contributed by atoms with E-state index in [9.17, 15) is 4.79 Å². The predicted octanol–water partition coefficient (Wildman–Crippen LogP) is 2.44. The molecule has 1 aromatic heterocycles. The summed E-state index contributed by atoms with van der Waals surface area (Å²) in [5, 5.41) is 8.70. The van der Waals surface area contributed by atoms with Crippen LogP contribution >= 0.6 is 11.3 Å². The Balaban J connectivity index is 2.36. The Bertz CT molecular complexity index is 495. The average Bonchev–Trinajstić information content (AvgIpc) is 2.94. The maximum Gasteiger partial charge on any atom is 0.328 e. The highest BCUT2D eigenvalue weighted by atomic mass is 32.1. The largest absolute Gasteiger partial charge is 0.478 e. The van der Waals surface area contributed by atoms with Crippen molar-refractivity contribution in [3.05, 3.63) is 22.6 Å². The SMILES string of the molecule is C[Si](C)(C)c1sc(C=CC(=O)O)cc1C1OCCO1. The Hall–Kier alpha value is -0.953. The lowest BCUT2D eigenvalue weighted by molar-refractivity contribution is -0.131. The van der Waals surface area contributed by atoms with Crippen molar-refractivity contribution in [3.63, 3.8) is 0 Å². The fourth-order valence-corrected chi connectivity index (χ4v) is 5.42. The summed E-state index contributed by atoms with van der Waals surface area (Å²) in [7, 11) is -1.50. The molecule has 1 aromatic rings. The average molecular weight is 298 g/mol. The van der Waals surface area contributed by atoms with Crippen LogP contribution in [0.25, 0.3) is 6.08 Å². The van der Waals surface area contributed by atoms with E-state index >= 15 is 0 Å². The van der Waals surface area contributed by atoms with Gasteiger partial charge in [-0.2, -0.15) is 0 Å². The Morgan fingerprint density at radius 3 is 2.58 bits per heavy atom. The molecule has 4 nitrogen and oxygen atoms in total. The summed E-state index contributed by atoms with van der Waals surface area (Å²) in [6.07, 6.45) is 2.51. The van der Waals surface area contributed by atoms with Crippen LogP contribution in [0.5, 0.6) is 0 Å². The summed E-state index contributed by atoms with van der Waals surface area (Å²) >= 11 is 1.65. The number of carbonyl (C=O) groups is 1. The molecule has 0 atom stereocenters. The Morgan fingerprint density at radius 1 is 1.42 bits per heavy atom. The molecular formula is C13H18O4SSi. The van der Waals surface area contributed by atoms with Crippen molar-refractivity contribution in [1.29, 1.82) is 0 Å². The van der Waals surface area contributed by atoms with Gasteiger partial charge in [-0.05, 0) is 16.6 Å². The second-order valence-electron chi connectivity index (χ2n) is 5.43. The molecule has 104 valence electrons. The number of carboxylic acids is 1. The quantitative estimate of drug-likeness (QED) is 0.685. The summed E-state index contributed by atoms with van der Waals surface area (Å²) in [5.41, 5.74) is 1.08. The monoisotopic (exact) mass is 298 g/mol. The van der Waals surface area contributed by atoms with Crippen molar-refractivity contribution >= 4 is 36.0 Å². The number of ether oxygens (including phenoxy) is 2. The maximum absolute atomic E-state index is 10.6. The molecule has 0 radical (unpaired) electrons. The molecule has 2 heterocycles. The Kier molecular flexibility index (Phi) is 4.25. The molecule has 0 aromatic carbocycles. The topological polar surface area (TPSA) is 55.8 Å². The van der Waals surface area contributed by atoms with E-state index < -0.39 is 14.0 Å². The van der Waals surface area contributed by atoms with E-state index in [2.05, 4.69) is 19.6 Å². The summed E-state index contributed by atoms with van der Waals surface area (Å²) in [5.74, 6) is -0.933. The summed E-state index contributed by atoms with van der Waals surface area (Å²) in [6.45, 7) is 8.03. The zero-order chi connectivity index (χ0) is 14.0. The zero-order valence-electron chi connectivity index (χ0n) is 11.3. The molecule has 1 fully saturated rings. The van der Waals surface area contributed by atoms with Crippen LogP contribution < -0.4 is 4.50 Å². The van der Waals surface area contributed by atoms with Crippen molar-refractivity contribution < 1.29 is 19.4 Å². The van der Waals surface area contributed by atoms with Gasteiger partial charge in [-0.1, -0.05) is 19.6 Å². The first-order chi connectivity index (χ1) is 8.88. The van der Waals surface area contributed by atoms with E-state index in [0.29, 0.717) is 13.2 Å². The molecule has 0 bridgehead atoms. The van der Waals surface area contributed by atoms with E-state index in [0.717, 1.165) is 10.4 Å². The van der Waals surface area contributed by atoms with Gasteiger partial charge >= 0.3 is 5.97 Å². The standard InChI is InChI=1S/C13H18O4SSi/c1-19(2,3)13-10(12-16-6-7-17-12)8-9(18-13)4-5-11(14)15/h4-5,8,12H,6-7H2,1-3H3,(H,14,15). The molecule has 0 unspecified atom stereocenters. The molecule has 0 saturated carbocycles. The summed E-state index contributed by atoms with van der Waals surface area (Å²) < 4.78 is 12.5. The lowest BCUT2D eigenvalue weighted by Gasteiger charge is -2.19. The lowest BCUT2D eigenvalue weighted by atomic mass is 10.3. The third kappa shape index (κ3) is 3.53. The summed E-state index contributed by atoms with van der Waals surface area (Å²) in [6, 6.07) is 1.99. The van der Waals surface area contributed by atoms with Crippen molar-refractivity contribution in [2.45, 2.75) is 25.9 Å². The van der Waals surface area contributed by atoms with Gasteiger partial charge in [0.25, 0.3) is 0 Å². The molecule has 1 aliphatic rings. The number of rotatable bonds is 4. The van der Waals surface area contributed by atoms with Crippen LogP contribution in [0, 0.1) is 0 Å². The lowest BCUT2D eigenvalue weighted by Crippen LogP contribution is -2.38. The van der Waals surface area contributed by atoms with Gasteiger partial charge in [0.15, 0.2) is 6.29 Å². The van der Waals surface area contributed by atoms with Gasteiger partial charge in [-0.25, -0.2) is 4.79 Å². The van der Waals surface area contributed by atoms with E-state index in [1.807, 2.05) is 6.07 Å². The molecule has 1 N–H and O–H groups in total. The van der Waals surface area contributed by atoms with Crippen molar-refractivity contribution in [2.24, 2.45) is 0 Å². The number of carboxylic acid groups (broad SMARTS) is 1. The molecule has 2 rings (SSSR count). The third-order valence-electron chi connectivity index (χ3n) is 2.73. The highest BCUT2D eigenvalue weighted by molar-refractivity contribution is 7.27. The van der Waals surface area contributed by atoms with Crippen LogP contribution in [0.3, 0.4) is 0 Å². The molecule has 1 saturated heterocycles. The van der Waals surface area contributed by atoms with Gasteiger partial charge in [-0.15, -0.1) is 11.3 Å². The van der Waals surface area contributed by atoms with Gasteiger partial charge in [0.2, 0.25) is 0 Å². The van der Waals surface area contributed by atoms with E-state index in [-0.39, 0.29) is 6.29 Å². The minimum absolute atomic E-state index is 0.287. The number of hydrogen-bond donors (Lipinski definition) is 1. The van der Waals surface area contributed by atoms with Crippen LogP contribution in [0.2, 0.25) is 19.6 Å². The first-order valence-electron chi connectivity index (χ1n) is 6.16. The molecule has 19 heavy (non-hydrogen) atoms. The summed E-state index contributed by atoms with van der Waals surface area (Å²) in [4.78, 5) is 11.5. The van der Waals surface area contributed by atoms with Crippen LogP contribution in [-0.4, -0.2) is 32.4 Å². The van der Waals surface area contributed by atoms with Crippen LogP contribution in [0.1, 0.15) is 16.7 Å². The zero-order valence-corrected chi connectivity index (χ0v) is 13.1. The van der Waals surface area contributed by atoms with Crippen molar-refractivity contribution in [2.75, 3.05) is 13.2 Å². The van der Waals surface area contributed by atoms with Gasteiger partial charge in [0, 0.05) is 16.5 Å². The normalized spacial score (nSPS) is 17.4. The van der Waals surface area contributed by atoms with E-state index in [4.69, 9.17) is 14.6 Å². The molecule has 0 spiro atoms. The Labute approximate surface area is 117 Å². The fourth-order valence-electron chi connectivity index (χ4n) is 1.96. The predicted molar refractivity (Wildman–Crippen MR) is 78.6 cm³/mol. The highest BCUT2D eigenvalue weighted by Gasteiger charge is 2.30. The molecule has 1 aliphatic heterocycles. The van der Waals surface area contributed by atoms with Gasteiger partial charge in [-0.3, -0.25) is 0 Å². The van der Waals surface area contributed by atoms with Crippen molar-refractivity contribution in [3.8, 4) is 0 Å². The van der Waals surface area contributed by atoms with Gasteiger partial charge < -0.3 is 14.6 Å². The molecule has 6 heteroatoms. The third-order valence-corrected chi connectivity index (χ3v) is 7.45. The minimum atomic E-state index is -1.50. The number of aliphatic carboxylic acids is 1. The van der Waals surface area contributed by atoms with Crippen molar-refractivity contribution in [1.82, 2.24) is 0 Å². The van der Waals surface area contributed by atoms with Crippen LogP contribution in [0.15, 0.2) is 12.1 Å². The van der Waals surface area contributed by atoms with Crippen LogP contribution in [0.4, 0.5) is 0 Å². The first-order valence-corrected chi connectivity index (χ1v) is 10.5. The minimum Gasteiger partial charge on any atom is -0.478 e. The molecule has 0 amide bonds. The first kappa shape index (κ1) is 14.5. The second-order valence-corrected chi connectivity index (χ2v) is 11.9. The molecule has 0 aliphatic carbocycles.